The normalized spacial score (nSPS) is 10.6. The lowest BCUT2D eigenvalue weighted by atomic mass is 10.2. The third-order valence-corrected chi connectivity index (χ3v) is 3.05. The van der Waals surface area contributed by atoms with Crippen molar-refractivity contribution in [3.63, 3.8) is 0 Å². The van der Waals surface area contributed by atoms with Crippen LogP contribution in [0.3, 0.4) is 0 Å². The molecule has 8 nitrogen and oxygen atoms in total. The third-order valence-electron chi connectivity index (χ3n) is 3.05. The van der Waals surface area contributed by atoms with Gasteiger partial charge in [-0.2, -0.15) is 10.1 Å². The highest BCUT2D eigenvalue weighted by Gasteiger charge is 2.15. The van der Waals surface area contributed by atoms with Crippen LogP contribution in [0.15, 0.2) is 35.1 Å². The Morgan fingerprint density at radius 1 is 1.45 bits per heavy atom. The Balaban J connectivity index is 1.74. The summed E-state index contributed by atoms with van der Waals surface area (Å²) >= 11 is 0. The summed E-state index contributed by atoms with van der Waals surface area (Å²) in [5.41, 5.74) is 1.99. The summed E-state index contributed by atoms with van der Waals surface area (Å²) in [6.07, 6.45) is 3.39. The van der Waals surface area contributed by atoms with E-state index in [9.17, 15) is 4.79 Å². The standard InChI is InChI=1S/C14H14N6O2/c1-9-17-13(19-22-9)8-16-14(21)12-6-11(18-20(12)2)10-4-3-5-15-7-10/h3-7H,8H2,1-2H3,(H,16,21). The lowest BCUT2D eigenvalue weighted by Gasteiger charge is -2.01. The number of hydrogen-bond donors (Lipinski definition) is 1. The van der Waals surface area contributed by atoms with E-state index in [4.69, 9.17) is 4.52 Å². The Hall–Kier alpha value is -3.03. The molecular formula is C14H14N6O2. The zero-order valence-electron chi connectivity index (χ0n) is 12.1. The molecule has 0 radical (unpaired) electrons. The predicted octanol–water partition coefficient (Wildman–Crippen LogP) is 1.10. The van der Waals surface area contributed by atoms with Crippen LogP contribution in [0.1, 0.15) is 22.2 Å². The van der Waals surface area contributed by atoms with Gasteiger partial charge >= 0.3 is 0 Å². The molecule has 22 heavy (non-hydrogen) atoms. The van der Waals surface area contributed by atoms with Crippen molar-refractivity contribution in [1.29, 1.82) is 0 Å². The smallest absolute Gasteiger partial charge is 0.269 e. The fourth-order valence-electron chi connectivity index (χ4n) is 2.00. The summed E-state index contributed by atoms with van der Waals surface area (Å²) in [4.78, 5) is 20.3. The van der Waals surface area contributed by atoms with Crippen molar-refractivity contribution in [1.82, 2.24) is 30.2 Å². The molecule has 0 aliphatic rings. The van der Waals surface area contributed by atoms with Crippen molar-refractivity contribution < 1.29 is 9.32 Å². The number of carbonyl (C=O) groups is 1. The fourth-order valence-corrected chi connectivity index (χ4v) is 2.00. The molecule has 3 rings (SSSR count). The first-order valence-electron chi connectivity index (χ1n) is 6.65. The summed E-state index contributed by atoms with van der Waals surface area (Å²) in [7, 11) is 1.72. The molecule has 0 atom stereocenters. The van der Waals surface area contributed by atoms with Crippen LogP contribution in [-0.2, 0) is 13.6 Å². The molecule has 0 aliphatic carbocycles. The molecule has 3 heterocycles. The van der Waals surface area contributed by atoms with Gasteiger partial charge in [0.2, 0.25) is 5.89 Å². The highest BCUT2D eigenvalue weighted by Crippen LogP contribution is 2.17. The highest BCUT2D eigenvalue weighted by molar-refractivity contribution is 5.93. The number of pyridine rings is 1. The third kappa shape index (κ3) is 2.85. The fraction of sp³-hybridized carbons (Fsp3) is 0.214. The Labute approximate surface area is 126 Å². The highest BCUT2D eigenvalue weighted by atomic mass is 16.5. The average molecular weight is 298 g/mol. The topological polar surface area (TPSA) is 98.7 Å². The first-order valence-corrected chi connectivity index (χ1v) is 6.65. The van der Waals surface area contributed by atoms with Crippen molar-refractivity contribution in [2.24, 2.45) is 7.05 Å². The lowest BCUT2D eigenvalue weighted by Crippen LogP contribution is -2.25. The number of nitrogens with zero attached hydrogens (tertiary/aromatic N) is 5. The summed E-state index contributed by atoms with van der Waals surface area (Å²) in [5, 5.41) is 10.8. The van der Waals surface area contributed by atoms with Crippen LogP contribution in [0.5, 0.6) is 0 Å². The van der Waals surface area contributed by atoms with E-state index in [1.807, 2.05) is 12.1 Å². The second-order valence-corrected chi connectivity index (χ2v) is 4.69. The van der Waals surface area contributed by atoms with Gasteiger partial charge in [-0.1, -0.05) is 5.16 Å². The van der Waals surface area contributed by atoms with Gasteiger partial charge in [-0.15, -0.1) is 0 Å². The van der Waals surface area contributed by atoms with Crippen molar-refractivity contribution in [3.8, 4) is 11.3 Å². The van der Waals surface area contributed by atoms with Gasteiger partial charge in [0.25, 0.3) is 5.91 Å². The molecule has 1 amide bonds. The molecule has 8 heteroatoms. The number of hydrogen-bond acceptors (Lipinski definition) is 6. The van der Waals surface area contributed by atoms with E-state index in [1.54, 1.807) is 32.4 Å². The minimum atomic E-state index is -0.257. The first kappa shape index (κ1) is 13.9. The first-order chi connectivity index (χ1) is 10.6. The van der Waals surface area contributed by atoms with Crippen molar-refractivity contribution in [3.05, 3.63) is 48.0 Å². The summed E-state index contributed by atoms with van der Waals surface area (Å²) in [5.74, 6) is 0.636. The molecule has 0 aromatic carbocycles. The van der Waals surface area contributed by atoms with Gasteiger partial charge in [0.05, 0.1) is 12.2 Å². The van der Waals surface area contributed by atoms with Crippen LogP contribution in [0.2, 0.25) is 0 Å². The van der Waals surface area contributed by atoms with Crippen LogP contribution in [0, 0.1) is 6.92 Å². The van der Waals surface area contributed by atoms with Crippen molar-refractivity contribution in [2.45, 2.75) is 13.5 Å². The second kappa shape index (κ2) is 5.76. The molecule has 112 valence electrons. The largest absolute Gasteiger partial charge is 0.343 e. The van der Waals surface area contributed by atoms with E-state index in [1.165, 1.54) is 4.68 Å². The van der Waals surface area contributed by atoms with E-state index in [-0.39, 0.29) is 12.5 Å². The predicted molar refractivity (Wildman–Crippen MR) is 76.6 cm³/mol. The van der Waals surface area contributed by atoms with Gasteiger partial charge < -0.3 is 9.84 Å². The molecule has 0 aliphatic heterocycles. The van der Waals surface area contributed by atoms with Crippen molar-refractivity contribution >= 4 is 5.91 Å². The average Bonchev–Trinajstić information content (AvgIpc) is 3.12. The van der Waals surface area contributed by atoms with Crippen LogP contribution in [-0.4, -0.2) is 30.8 Å². The molecule has 0 bridgehead atoms. The SMILES string of the molecule is Cc1nc(CNC(=O)c2cc(-c3cccnc3)nn2C)no1. The molecule has 0 saturated carbocycles. The molecule has 3 aromatic rings. The quantitative estimate of drug-likeness (QED) is 0.774. The zero-order chi connectivity index (χ0) is 15.5. The van der Waals surface area contributed by atoms with E-state index in [2.05, 4.69) is 25.5 Å². The molecule has 1 N–H and O–H groups in total. The Kier molecular flexibility index (Phi) is 3.65. The Bertz CT molecular complexity index is 793. The molecular weight excluding hydrogens is 284 g/mol. The number of aryl methyl sites for hydroxylation is 2. The minimum absolute atomic E-state index is 0.198. The zero-order valence-corrected chi connectivity index (χ0v) is 12.1. The van der Waals surface area contributed by atoms with E-state index < -0.39 is 0 Å². The molecule has 0 spiro atoms. The maximum atomic E-state index is 12.2. The van der Waals surface area contributed by atoms with E-state index in [0.29, 0.717) is 23.1 Å². The number of rotatable bonds is 4. The maximum absolute atomic E-state index is 12.2. The van der Waals surface area contributed by atoms with Crippen LogP contribution >= 0.6 is 0 Å². The number of aromatic nitrogens is 5. The summed E-state index contributed by atoms with van der Waals surface area (Å²) in [6, 6.07) is 5.43. The van der Waals surface area contributed by atoms with Crippen LogP contribution in [0.4, 0.5) is 0 Å². The van der Waals surface area contributed by atoms with Gasteiger partial charge in [0.1, 0.15) is 5.69 Å². The minimum Gasteiger partial charge on any atom is -0.343 e. The van der Waals surface area contributed by atoms with Crippen LogP contribution in [0.25, 0.3) is 11.3 Å². The van der Waals surface area contributed by atoms with E-state index in [0.717, 1.165) is 5.56 Å². The van der Waals surface area contributed by atoms with E-state index >= 15 is 0 Å². The second-order valence-electron chi connectivity index (χ2n) is 4.69. The Morgan fingerprint density at radius 2 is 2.32 bits per heavy atom. The lowest BCUT2D eigenvalue weighted by molar-refractivity contribution is 0.0940. The van der Waals surface area contributed by atoms with Gasteiger partial charge in [-0.25, -0.2) is 0 Å². The maximum Gasteiger partial charge on any atom is 0.269 e. The summed E-state index contributed by atoms with van der Waals surface area (Å²) < 4.78 is 6.38. The van der Waals surface area contributed by atoms with Crippen LogP contribution < -0.4 is 5.32 Å². The number of amides is 1. The Morgan fingerprint density at radius 3 is 3.00 bits per heavy atom. The monoisotopic (exact) mass is 298 g/mol. The van der Waals surface area contributed by atoms with Gasteiger partial charge in [0.15, 0.2) is 5.82 Å². The molecule has 0 unspecified atom stereocenters. The van der Waals surface area contributed by atoms with Gasteiger partial charge in [-0.05, 0) is 18.2 Å². The molecule has 0 fully saturated rings. The van der Waals surface area contributed by atoms with Crippen molar-refractivity contribution in [2.75, 3.05) is 0 Å². The number of nitrogens with one attached hydrogen (secondary N) is 1. The molecule has 0 saturated heterocycles. The van der Waals surface area contributed by atoms with Gasteiger partial charge in [-0.3, -0.25) is 14.5 Å². The van der Waals surface area contributed by atoms with Gasteiger partial charge in [0, 0.05) is 31.9 Å². The molecule has 3 aromatic heterocycles. The summed E-state index contributed by atoms with van der Waals surface area (Å²) in [6.45, 7) is 1.89. The number of carbonyl (C=O) groups excluding carboxylic acids is 1.